The largest absolute Gasteiger partial charge is 0.326 e. The lowest BCUT2D eigenvalue weighted by atomic mass is 9.98. The number of rotatable bonds is 6. The highest BCUT2D eigenvalue weighted by Crippen LogP contribution is 2.23. The second-order valence-electron chi connectivity index (χ2n) is 7.17. The second kappa shape index (κ2) is 7.86. The Hall–Kier alpha value is -2.76. The van der Waals surface area contributed by atoms with E-state index in [9.17, 15) is 13.6 Å². The molecule has 1 N–H and O–H groups in total. The van der Waals surface area contributed by atoms with Gasteiger partial charge in [0.2, 0.25) is 5.91 Å². The fourth-order valence-corrected chi connectivity index (χ4v) is 2.86. The zero-order valence-corrected chi connectivity index (χ0v) is 15.7. The number of nitrogens with one attached hydrogen (secondary N) is 1. The quantitative estimate of drug-likeness (QED) is 0.655. The summed E-state index contributed by atoms with van der Waals surface area (Å²) in [6.45, 7) is 6.32. The molecule has 27 heavy (non-hydrogen) atoms. The van der Waals surface area contributed by atoms with Crippen molar-refractivity contribution in [1.29, 1.82) is 0 Å². The molecule has 2 aromatic carbocycles. The summed E-state index contributed by atoms with van der Waals surface area (Å²) in [6.07, 6.45) is 2.69. The molecular weight excluding hydrogens is 348 g/mol. The lowest BCUT2D eigenvalue weighted by Crippen LogP contribution is -2.17. The molecule has 0 aliphatic carbocycles. The molecule has 0 fully saturated rings. The number of hydrogen-bond donors (Lipinski definition) is 1. The highest BCUT2D eigenvalue weighted by atomic mass is 19.2. The number of nitrogens with zero attached hydrogens (tertiary/aromatic N) is 2. The molecule has 6 heteroatoms. The number of hydrogen-bond acceptors (Lipinski definition) is 2. The molecule has 3 rings (SSSR count). The third-order valence-corrected chi connectivity index (χ3v) is 4.65. The number of benzene rings is 2. The van der Waals surface area contributed by atoms with E-state index in [2.05, 4.69) is 10.4 Å². The van der Waals surface area contributed by atoms with E-state index in [4.69, 9.17) is 0 Å². The Morgan fingerprint density at radius 3 is 2.59 bits per heavy atom. The lowest BCUT2D eigenvalue weighted by Gasteiger charge is -2.12. The van der Waals surface area contributed by atoms with Gasteiger partial charge in [-0.1, -0.05) is 26.8 Å². The summed E-state index contributed by atoms with van der Waals surface area (Å²) in [5.41, 5.74) is 2.29. The first-order chi connectivity index (χ1) is 12.8. The lowest BCUT2D eigenvalue weighted by molar-refractivity contribution is -0.118. The molecule has 3 aromatic rings. The molecule has 0 saturated carbocycles. The normalized spacial score (nSPS) is 12.5. The van der Waals surface area contributed by atoms with Gasteiger partial charge in [-0.15, -0.1) is 0 Å². The van der Waals surface area contributed by atoms with E-state index in [0.29, 0.717) is 6.54 Å². The van der Waals surface area contributed by atoms with Crippen LogP contribution in [-0.2, 0) is 11.3 Å². The third kappa shape index (κ3) is 4.51. The average molecular weight is 371 g/mol. The van der Waals surface area contributed by atoms with Crippen molar-refractivity contribution in [2.24, 2.45) is 5.92 Å². The van der Waals surface area contributed by atoms with Crippen molar-refractivity contribution < 1.29 is 13.6 Å². The predicted molar refractivity (Wildman–Crippen MR) is 103 cm³/mol. The van der Waals surface area contributed by atoms with Gasteiger partial charge in [-0.3, -0.25) is 9.48 Å². The number of fused-ring (bicyclic) bond motifs is 1. The zero-order valence-electron chi connectivity index (χ0n) is 15.7. The Morgan fingerprint density at radius 2 is 1.89 bits per heavy atom. The van der Waals surface area contributed by atoms with Gasteiger partial charge in [0, 0.05) is 29.7 Å². The Kier molecular flexibility index (Phi) is 5.54. The van der Waals surface area contributed by atoms with Crippen molar-refractivity contribution in [3.63, 3.8) is 0 Å². The summed E-state index contributed by atoms with van der Waals surface area (Å²) in [5, 5.41) is 8.41. The molecule has 142 valence electrons. The predicted octanol–water partition coefficient (Wildman–Crippen LogP) is 5.10. The first kappa shape index (κ1) is 19.0. The summed E-state index contributed by atoms with van der Waals surface area (Å²) in [7, 11) is 0. The van der Waals surface area contributed by atoms with E-state index >= 15 is 0 Å². The minimum Gasteiger partial charge on any atom is -0.326 e. The van der Waals surface area contributed by atoms with Crippen LogP contribution in [0.5, 0.6) is 0 Å². The molecule has 0 spiro atoms. The van der Waals surface area contributed by atoms with E-state index in [1.807, 2.05) is 49.8 Å². The molecule has 1 aromatic heterocycles. The molecule has 0 bridgehead atoms. The summed E-state index contributed by atoms with van der Waals surface area (Å²) in [4.78, 5) is 11.8. The standard InChI is InChI=1S/C21H23F2N3O/c1-13(2)21(27)24-17-6-4-16-12-26(25-20(16)11-17)9-8-14(3)15-5-7-18(22)19(23)10-15/h4-7,10-14H,8-9H2,1-3H3,(H,24,27). The van der Waals surface area contributed by atoms with Crippen LogP contribution in [-0.4, -0.2) is 15.7 Å². The molecule has 0 saturated heterocycles. The van der Waals surface area contributed by atoms with Gasteiger partial charge in [0.15, 0.2) is 11.6 Å². The average Bonchev–Trinajstić information content (AvgIpc) is 3.04. The maximum atomic E-state index is 13.4. The molecule has 1 unspecified atom stereocenters. The van der Waals surface area contributed by atoms with Crippen LogP contribution >= 0.6 is 0 Å². The van der Waals surface area contributed by atoms with Crippen molar-refractivity contribution in [2.45, 2.75) is 39.7 Å². The number of aryl methyl sites for hydroxylation is 1. The fraction of sp³-hybridized carbons (Fsp3) is 0.333. The summed E-state index contributed by atoms with van der Waals surface area (Å²) in [5.74, 6) is -1.69. The van der Waals surface area contributed by atoms with Crippen LogP contribution < -0.4 is 5.32 Å². The van der Waals surface area contributed by atoms with E-state index in [0.717, 1.165) is 34.6 Å². The van der Waals surface area contributed by atoms with Crippen LogP contribution in [0.1, 0.15) is 38.7 Å². The van der Waals surface area contributed by atoms with Crippen LogP contribution in [0.2, 0.25) is 0 Å². The Balaban J connectivity index is 1.68. The third-order valence-electron chi connectivity index (χ3n) is 4.65. The Labute approximate surface area is 157 Å². The molecular formula is C21H23F2N3O. The van der Waals surface area contributed by atoms with Crippen molar-refractivity contribution >= 4 is 22.5 Å². The van der Waals surface area contributed by atoms with E-state index in [-0.39, 0.29) is 17.7 Å². The highest BCUT2D eigenvalue weighted by molar-refractivity contribution is 5.94. The molecule has 1 amide bonds. The van der Waals surface area contributed by atoms with Gasteiger partial charge in [0.1, 0.15) is 0 Å². The van der Waals surface area contributed by atoms with Crippen molar-refractivity contribution in [1.82, 2.24) is 9.78 Å². The first-order valence-electron chi connectivity index (χ1n) is 9.06. The Bertz CT molecular complexity index is 965. The number of carbonyl (C=O) groups is 1. The number of aromatic nitrogens is 2. The monoisotopic (exact) mass is 371 g/mol. The van der Waals surface area contributed by atoms with Gasteiger partial charge in [-0.2, -0.15) is 5.10 Å². The van der Waals surface area contributed by atoms with Crippen LogP contribution in [0.15, 0.2) is 42.6 Å². The SMILES string of the molecule is CC(C)C(=O)Nc1ccc2cn(CCC(C)c3ccc(F)c(F)c3)nc2c1. The summed E-state index contributed by atoms with van der Waals surface area (Å²) in [6, 6.07) is 9.67. The fourth-order valence-electron chi connectivity index (χ4n) is 2.86. The molecule has 4 nitrogen and oxygen atoms in total. The van der Waals surface area contributed by atoms with Gasteiger partial charge < -0.3 is 5.32 Å². The van der Waals surface area contributed by atoms with Crippen LogP contribution in [0.4, 0.5) is 14.5 Å². The van der Waals surface area contributed by atoms with E-state index < -0.39 is 11.6 Å². The van der Waals surface area contributed by atoms with Crippen molar-refractivity contribution in [3.8, 4) is 0 Å². The van der Waals surface area contributed by atoms with Crippen molar-refractivity contribution in [2.75, 3.05) is 5.32 Å². The number of anilines is 1. The van der Waals surface area contributed by atoms with E-state index in [1.165, 1.54) is 6.07 Å². The zero-order chi connectivity index (χ0) is 19.6. The number of amides is 1. The van der Waals surface area contributed by atoms with Crippen LogP contribution in [0.25, 0.3) is 10.9 Å². The van der Waals surface area contributed by atoms with Crippen LogP contribution in [0, 0.1) is 17.6 Å². The van der Waals surface area contributed by atoms with Gasteiger partial charge in [0.05, 0.1) is 5.52 Å². The second-order valence-corrected chi connectivity index (χ2v) is 7.17. The topological polar surface area (TPSA) is 46.9 Å². The maximum Gasteiger partial charge on any atom is 0.226 e. The summed E-state index contributed by atoms with van der Waals surface area (Å²) >= 11 is 0. The molecule has 0 aliphatic heterocycles. The van der Waals surface area contributed by atoms with Crippen LogP contribution in [0.3, 0.4) is 0 Å². The van der Waals surface area contributed by atoms with Gasteiger partial charge in [-0.05, 0) is 48.2 Å². The minimum absolute atomic E-state index is 0.0332. The van der Waals surface area contributed by atoms with Gasteiger partial charge in [-0.25, -0.2) is 8.78 Å². The molecule has 0 aliphatic rings. The molecule has 1 heterocycles. The van der Waals surface area contributed by atoms with Crippen molar-refractivity contribution in [3.05, 3.63) is 59.8 Å². The number of carbonyl (C=O) groups excluding carboxylic acids is 1. The minimum atomic E-state index is -0.829. The van der Waals surface area contributed by atoms with Gasteiger partial charge >= 0.3 is 0 Å². The Morgan fingerprint density at radius 1 is 1.11 bits per heavy atom. The first-order valence-corrected chi connectivity index (χ1v) is 9.06. The smallest absolute Gasteiger partial charge is 0.226 e. The summed E-state index contributed by atoms with van der Waals surface area (Å²) < 4.78 is 28.3. The highest BCUT2D eigenvalue weighted by Gasteiger charge is 2.11. The molecule has 1 atom stereocenters. The molecule has 0 radical (unpaired) electrons. The van der Waals surface area contributed by atoms with E-state index in [1.54, 1.807) is 6.07 Å². The maximum absolute atomic E-state index is 13.4. The number of halogens is 2. The van der Waals surface area contributed by atoms with Gasteiger partial charge in [0.25, 0.3) is 0 Å².